The molecule has 0 fully saturated rings. The van der Waals surface area contributed by atoms with Crippen molar-refractivity contribution in [1.29, 1.82) is 0 Å². The van der Waals surface area contributed by atoms with Crippen LogP contribution in [-0.2, 0) is 13.0 Å². The topological polar surface area (TPSA) is 52.6 Å². The molecule has 128 valence electrons. The van der Waals surface area contributed by atoms with Crippen LogP contribution in [0.25, 0.3) is 0 Å². The second kappa shape index (κ2) is 7.36. The normalized spacial score (nSPS) is 14.6. The van der Waals surface area contributed by atoms with Crippen molar-refractivity contribution in [3.63, 3.8) is 0 Å². The lowest BCUT2D eigenvalue weighted by Gasteiger charge is -2.26. The van der Waals surface area contributed by atoms with Crippen molar-refractivity contribution in [2.45, 2.75) is 32.7 Å². The van der Waals surface area contributed by atoms with Gasteiger partial charge in [-0.15, -0.1) is 11.3 Å². The monoisotopic (exact) mass is 344 g/mol. The molecule has 2 heterocycles. The number of fused-ring (bicyclic) bond motifs is 1. The van der Waals surface area contributed by atoms with E-state index in [0.29, 0.717) is 18.0 Å². The number of carbonyl (C=O) groups excluding carboxylic acids is 1. The van der Waals surface area contributed by atoms with Gasteiger partial charge in [0.05, 0.1) is 5.56 Å². The highest BCUT2D eigenvalue weighted by atomic mass is 32.1. The Morgan fingerprint density at radius 1 is 1.38 bits per heavy atom. The largest absolute Gasteiger partial charge is 0.507 e. The smallest absolute Gasteiger partial charge is 0.255 e. The summed E-state index contributed by atoms with van der Waals surface area (Å²) in [5.74, 6) is 0.159. The average Bonchev–Trinajstić information content (AvgIpc) is 3.02. The summed E-state index contributed by atoms with van der Waals surface area (Å²) in [6, 6.07) is 7.45. The molecular weight excluding hydrogens is 320 g/mol. The molecule has 0 saturated heterocycles. The number of hydrogen-bond acceptors (Lipinski definition) is 4. The first-order valence-electron chi connectivity index (χ1n) is 8.43. The average molecular weight is 344 g/mol. The predicted octanol–water partition coefficient (Wildman–Crippen LogP) is 3.37. The molecule has 1 aromatic carbocycles. The van der Waals surface area contributed by atoms with E-state index in [1.807, 2.05) is 17.4 Å². The van der Waals surface area contributed by atoms with E-state index in [0.717, 1.165) is 31.6 Å². The third-order valence-corrected chi connectivity index (χ3v) is 5.56. The van der Waals surface area contributed by atoms with Crippen LogP contribution in [0.1, 0.15) is 46.1 Å². The third-order valence-electron chi connectivity index (χ3n) is 4.53. The summed E-state index contributed by atoms with van der Waals surface area (Å²) in [6.07, 6.45) is 1.10. The Kier molecular flexibility index (Phi) is 5.21. The number of nitrogens with one attached hydrogen (secondary N) is 1. The molecule has 0 radical (unpaired) electrons. The Balaban J connectivity index is 1.54. The lowest BCUT2D eigenvalue weighted by atomic mass is 10.00. The Hall–Kier alpha value is -1.85. The van der Waals surface area contributed by atoms with E-state index in [2.05, 4.69) is 35.5 Å². The molecule has 5 heteroatoms. The quantitative estimate of drug-likeness (QED) is 0.874. The summed E-state index contributed by atoms with van der Waals surface area (Å²) in [4.78, 5) is 16.2. The number of hydrogen-bond donors (Lipinski definition) is 2. The first-order valence-corrected chi connectivity index (χ1v) is 9.31. The molecule has 1 amide bonds. The molecule has 2 N–H and O–H groups in total. The van der Waals surface area contributed by atoms with Gasteiger partial charge in [-0.2, -0.15) is 0 Å². The van der Waals surface area contributed by atoms with E-state index in [9.17, 15) is 9.90 Å². The molecule has 1 aliphatic heterocycles. The van der Waals surface area contributed by atoms with E-state index >= 15 is 0 Å². The van der Waals surface area contributed by atoms with Gasteiger partial charge >= 0.3 is 0 Å². The van der Waals surface area contributed by atoms with Crippen LogP contribution >= 0.6 is 11.3 Å². The Morgan fingerprint density at radius 3 is 3.00 bits per heavy atom. The van der Waals surface area contributed by atoms with Gasteiger partial charge in [0.1, 0.15) is 5.75 Å². The first-order chi connectivity index (χ1) is 11.5. The maximum absolute atomic E-state index is 12.4. The number of amides is 1. The van der Waals surface area contributed by atoms with Crippen LogP contribution in [0, 0.1) is 0 Å². The van der Waals surface area contributed by atoms with Crippen molar-refractivity contribution in [2.24, 2.45) is 0 Å². The number of rotatable bonds is 5. The standard InChI is InChI=1S/C19H24N2O2S/c1-13(2)14-3-4-17(22)16(11-14)19(23)20-7-9-21-8-5-18-15(12-21)6-10-24-18/h3-4,6,10-11,13,22H,5,7-9,12H2,1-2H3,(H,20,23). The van der Waals surface area contributed by atoms with Crippen molar-refractivity contribution in [2.75, 3.05) is 19.6 Å². The highest BCUT2D eigenvalue weighted by Gasteiger charge is 2.17. The van der Waals surface area contributed by atoms with Gasteiger partial charge in [0, 0.05) is 31.1 Å². The fraction of sp³-hybridized carbons (Fsp3) is 0.421. The van der Waals surface area contributed by atoms with Gasteiger partial charge in [-0.3, -0.25) is 9.69 Å². The summed E-state index contributed by atoms with van der Waals surface area (Å²) >= 11 is 1.83. The second-order valence-electron chi connectivity index (χ2n) is 6.58. The number of aromatic hydroxyl groups is 1. The third kappa shape index (κ3) is 3.79. The molecule has 3 rings (SSSR count). The number of benzene rings is 1. The second-order valence-corrected chi connectivity index (χ2v) is 7.58. The molecule has 1 aliphatic rings. The Morgan fingerprint density at radius 2 is 2.21 bits per heavy atom. The van der Waals surface area contributed by atoms with Crippen LogP contribution in [0.4, 0.5) is 0 Å². The zero-order valence-corrected chi connectivity index (χ0v) is 15.0. The highest BCUT2D eigenvalue weighted by Crippen LogP contribution is 2.24. The van der Waals surface area contributed by atoms with Crippen molar-refractivity contribution in [3.8, 4) is 5.75 Å². The van der Waals surface area contributed by atoms with Crippen LogP contribution in [0.2, 0.25) is 0 Å². The van der Waals surface area contributed by atoms with Crippen LogP contribution in [0.3, 0.4) is 0 Å². The van der Waals surface area contributed by atoms with Crippen LogP contribution < -0.4 is 5.32 Å². The van der Waals surface area contributed by atoms with Gasteiger partial charge in [0.2, 0.25) is 0 Å². The number of nitrogens with zero attached hydrogens (tertiary/aromatic N) is 1. The minimum Gasteiger partial charge on any atom is -0.507 e. The molecule has 0 bridgehead atoms. The molecule has 0 unspecified atom stereocenters. The molecule has 1 aromatic heterocycles. The molecule has 0 saturated carbocycles. The fourth-order valence-corrected chi connectivity index (χ4v) is 3.90. The zero-order valence-electron chi connectivity index (χ0n) is 14.2. The van der Waals surface area contributed by atoms with E-state index in [4.69, 9.17) is 0 Å². The number of thiophene rings is 1. The predicted molar refractivity (Wildman–Crippen MR) is 97.8 cm³/mol. The van der Waals surface area contributed by atoms with Gasteiger partial charge in [-0.25, -0.2) is 0 Å². The maximum atomic E-state index is 12.4. The van der Waals surface area contributed by atoms with Crippen molar-refractivity contribution in [1.82, 2.24) is 10.2 Å². The van der Waals surface area contributed by atoms with E-state index in [1.165, 1.54) is 10.4 Å². The lowest BCUT2D eigenvalue weighted by Crippen LogP contribution is -2.37. The molecule has 0 atom stereocenters. The van der Waals surface area contributed by atoms with Crippen molar-refractivity contribution in [3.05, 3.63) is 51.2 Å². The van der Waals surface area contributed by atoms with Crippen molar-refractivity contribution >= 4 is 17.2 Å². The van der Waals surface area contributed by atoms with Crippen LogP contribution in [-0.4, -0.2) is 35.5 Å². The van der Waals surface area contributed by atoms with E-state index in [-0.39, 0.29) is 11.7 Å². The summed E-state index contributed by atoms with van der Waals surface area (Å²) in [5, 5.41) is 15.0. The van der Waals surface area contributed by atoms with Gasteiger partial charge < -0.3 is 10.4 Å². The van der Waals surface area contributed by atoms with Crippen molar-refractivity contribution < 1.29 is 9.90 Å². The van der Waals surface area contributed by atoms with Gasteiger partial charge in [-0.1, -0.05) is 19.9 Å². The van der Waals surface area contributed by atoms with E-state index in [1.54, 1.807) is 12.1 Å². The molecule has 4 nitrogen and oxygen atoms in total. The SMILES string of the molecule is CC(C)c1ccc(O)c(C(=O)NCCN2CCc3sccc3C2)c1. The highest BCUT2D eigenvalue weighted by molar-refractivity contribution is 7.10. The van der Waals surface area contributed by atoms with E-state index < -0.39 is 0 Å². The lowest BCUT2D eigenvalue weighted by molar-refractivity contribution is 0.0944. The summed E-state index contributed by atoms with van der Waals surface area (Å²) in [6.45, 7) is 7.56. The summed E-state index contributed by atoms with van der Waals surface area (Å²) in [7, 11) is 0. The summed E-state index contributed by atoms with van der Waals surface area (Å²) in [5.41, 5.74) is 2.83. The first kappa shape index (κ1) is 17.0. The molecule has 2 aromatic rings. The summed E-state index contributed by atoms with van der Waals surface area (Å²) < 4.78 is 0. The number of phenols is 1. The minimum atomic E-state index is -0.205. The molecule has 0 aliphatic carbocycles. The minimum absolute atomic E-state index is 0.0396. The number of carbonyl (C=O) groups is 1. The molecular formula is C19H24N2O2S. The van der Waals surface area contributed by atoms with Crippen LogP contribution in [0.5, 0.6) is 5.75 Å². The van der Waals surface area contributed by atoms with Gasteiger partial charge in [0.25, 0.3) is 5.91 Å². The maximum Gasteiger partial charge on any atom is 0.255 e. The van der Waals surface area contributed by atoms with Crippen LogP contribution in [0.15, 0.2) is 29.6 Å². The Labute approximate surface area is 147 Å². The Bertz CT molecular complexity index is 724. The van der Waals surface area contributed by atoms with Gasteiger partial charge in [0.15, 0.2) is 0 Å². The fourth-order valence-electron chi connectivity index (χ4n) is 3.02. The molecule has 24 heavy (non-hydrogen) atoms. The number of phenolic OH excluding ortho intramolecular Hbond substituents is 1. The van der Waals surface area contributed by atoms with Gasteiger partial charge in [-0.05, 0) is 47.0 Å². The zero-order chi connectivity index (χ0) is 17.1. The molecule has 0 spiro atoms.